The minimum absolute atomic E-state index is 0.0797. The summed E-state index contributed by atoms with van der Waals surface area (Å²) in [6, 6.07) is 12.3. The van der Waals surface area contributed by atoms with Crippen LogP contribution in [-0.2, 0) is 12.8 Å². The molecule has 2 nitrogen and oxygen atoms in total. The van der Waals surface area contributed by atoms with Gasteiger partial charge in [0, 0.05) is 6.42 Å². The number of hydrogen-bond acceptors (Lipinski definition) is 2. The number of aliphatic hydroxyl groups is 1. The molecule has 0 aliphatic heterocycles. The van der Waals surface area contributed by atoms with Crippen molar-refractivity contribution in [2.75, 3.05) is 7.11 Å². The summed E-state index contributed by atoms with van der Waals surface area (Å²) < 4.78 is 18.9. The molecular formula is C16H16ClFO2. The summed E-state index contributed by atoms with van der Waals surface area (Å²) in [6.45, 7) is 0. The molecule has 4 heteroatoms. The van der Waals surface area contributed by atoms with Gasteiger partial charge in [-0.3, -0.25) is 0 Å². The van der Waals surface area contributed by atoms with Crippen LogP contribution in [0.1, 0.15) is 11.1 Å². The van der Waals surface area contributed by atoms with Crippen molar-refractivity contribution in [2.24, 2.45) is 0 Å². The maximum atomic E-state index is 13.8. The Labute approximate surface area is 122 Å². The number of hydrogen-bond donors (Lipinski definition) is 1. The van der Waals surface area contributed by atoms with Gasteiger partial charge in [-0.2, -0.15) is 0 Å². The molecule has 106 valence electrons. The van der Waals surface area contributed by atoms with Gasteiger partial charge in [-0.1, -0.05) is 35.9 Å². The second kappa shape index (κ2) is 6.73. The molecule has 2 rings (SSSR count). The fourth-order valence-electron chi connectivity index (χ4n) is 2.10. The van der Waals surface area contributed by atoms with Gasteiger partial charge in [0.05, 0.1) is 18.2 Å². The van der Waals surface area contributed by atoms with Crippen LogP contribution in [0.15, 0.2) is 42.5 Å². The van der Waals surface area contributed by atoms with Crippen LogP contribution >= 0.6 is 11.6 Å². The summed E-state index contributed by atoms with van der Waals surface area (Å²) >= 11 is 5.72. The fourth-order valence-corrected chi connectivity index (χ4v) is 2.30. The molecule has 0 saturated heterocycles. The molecule has 0 aromatic heterocycles. The highest BCUT2D eigenvalue weighted by molar-refractivity contribution is 6.30. The molecule has 0 heterocycles. The summed E-state index contributed by atoms with van der Waals surface area (Å²) in [7, 11) is 1.59. The standard InChI is InChI=1S/C16H16ClFO2/c1-20-14-6-2-4-11(9-14)8-13(19)10-12-5-3-7-15(17)16(12)18/h2-7,9,13,19H,8,10H2,1H3. The lowest BCUT2D eigenvalue weighted by atomic mass is 10.0. The molecule has 20 heavy (non-hydrogen) atoms. The quantitative estimate of drug-likeness (QED) is 0.912. The number of ether oxygens (including phenoxy) is 1. The average Bonchev–Trinajstić information content (AvgIpc) is 2.44. The lowest BCUT2D eigenvalue weighted by molar-refractivity contribution is 0.174. The zero-order valence-corrected chi connectivity index (χ0v) is 11.9. The maximum absolute atomic E-state index is 13.8. The Kier molecular flexibility index (Phi) is 4.99. The van der Waals surface area contributed by atoms with Crippen LogP contribution in [0.25, 0.3) is 0 Å². The first-order valence-corrected chi connectivity index (χ1v) is 6.72. The molecule has 2 aromatic carbocycles. The van der Waals surface area contributed by atoms with E-state index in [9.17, 15) is 9.50 Å². The SMILES string of the molecule is COc1cccc(CC(O)Cc2cccc(Cl)c2F)c1. The van der Waals surface area contributed by atoms with E-state index in [0.717, 1.165) is 11.3 Å². The van der Waals surface area contributed by atoms with Crippen LogP contribution in [0.2, 0.25) is 5.02 Å². The molecular weight excluding hydrogens is 279 g/mol. The molecule has 0 radical (unpaired) electrons. The van der Waals surface area contributed by atoms with E-state index in [-0.39, 0.29) is 11.4 Å². The third kappa shape index (κ3) is 3.71. The summed E-state index contributed by atoms with van der Waals surface area (Å²) in [5.74, 6) is 0.280. The van der Waals surface area contributed by atoms with E-state index in [1.807, 2.05) is 24.3 Å². The van der Waals surface area contributed by atoms with E-state index in [0.29, 0.717) is 12.0 Å². The molecule has 2 aromatic rings. The van der Waals surface area contributed by atoms with E-state index < -0.39 is 11.9 Å². The van der Waals surface area contributed by atoms with Gasteiger partial charge in [0.15, 0.2) is 0 Å². The zero-order valence-electron chi connectivity index (χ0n) is 11.1. The van der Waals surface area contributed by atoms with Crippen molar-refractivity contribution in [2.45, 2.75) is 18.9 Å². The monoisotopic (exact) mass is 294 g/mol. The third-order valence-corrected chi connectivity index (χ3v) is 3.38. The molecule has 0 fully saturated rings. The number of halogens is 2. The second-order valence-corrected chi connectivity index (χ2v) is 5.03. The van der Waals surface area contributed by atoms with Crippen LogP contribution in [0.4, 0.5) is 4.39 Å². The lowest BCUT2D eigenvalue weighted by Crippen LogP contribution is -2.15. The van der Waals surface area contributed by atoms with Gasteiger partial charge in [-0.15, -0.1) is 0 Å². The van der Waals surface area contributed by atoms with Gasteiger partial charge in [0.25, 0.3) is 0 Å². The highest BCUT2D eigenvalue weighted by Crippen LogP contribution is 2.20. The fraction of sp³-hybridized carbons (Fsp3) is 0.250. The highest BCUT2D eigenvalue weighted by atomic mass is 35.5. The molecule has 0 aliphatic carbocycles. The Morgan fingerprint density at radius 3 is 2.70 bits per heavy atom. The van der Waals surface area contributed by atoms with Gasteiger partial charge in [0.2, 0.25) is 0 Å². The highest BCUT2D eigenvalue weighted by Gasteiger charge is 2.12. The molecule has 1 atom stereocenters. The van der Waals surface area contributed by atoms with Gasteiger partial charge in [-0.05, 0) is 35.7 Å². The number of rotatable bonds is 5. The van der Waals surface area contributed by atoms with Crippen molar-refractivity contribution >= 4 is 11.6 Å². The first-order chi connectivity index (χ1) is 9.60. The predicted octanol–water partition coefficient (Wildman–Crippen LogP) is 3.63. The van der Waals surface area contributed by atoms with Gasteiger partial charge < -0.3 is 9.84 Å². The molecule has 1 unspecified atom stereocenters. The summed E-state index contributed by atoms with van der Waals surface area (Å²) in [4.78, 5) is 0. The average molecular weight is 295 g/mol. The van der Waals surface area contributed by atoms with Crippen molar-refractivity contribution in [3.05, 3.63) is 64.4 Å². The molecule has 0 aliphatic rings. The lowest BCUT2D eigenvalue weighted by Gasteiger charge is -2.12. The smallest absolute Gasteiger partial charge is 0.145 e. The van der Waals surface area contributed by atoms with Gasteiger partial charge >= 0.3 is 0 Å². The molecule has 1 N–H and O–H groups in total. The Morgan fingerprint density at radius 1 is 1.20 bits per heavy atom. The van der Waals surface area contributed by atoms with E-state index in [4.69, 9.17) is 16.3 Å². The van der Waals surface area contributed by atoms with Crippen molar-refractivity contribution in [3.8, 4) is 5.75 Å². The largest absolute Gasteiger partial charge is 0.497 e. The molecule has 0 saturated carbocycles. The van der Waals surface area contributed by atoms with E-state index in [1.54, 1.807) is 19.2 Å². The first kappa shape index (κ1) is 14.8. The third-order valence-electron chi connectivity index (χ3n) is 3.09. The van der Waals surface area contributed by atoms with Crippen molar-refractivity contribution in [3.63, 3.8) is 0 Å². The normalized spacial score (nSPS) is 12.2. The Bertz CT molecular complexity index is 586. The van der Waals surface area contributed by atoms with E-state index >= 15 is 0 Å². The van der Waals surface area contributed by atoms with Crippen LogP contribution < -0.4 is 4.74 Å². The predicted molar refractivity (Wildman–Crippen MR) is 77.8 cm³/mol. The maximum Gasteiger partial charge on any atom is 0.145 e. The summed E-state index contributed by atoms with van der Waals surface area (Å²) in [6.07, 6.45) is -0.0117. The topological polar surface area (TPSA) is 29.5 Å². The van der Waals surface area contributed by atoms with Crippen LogP contribution in [-0.4, -0.2) is 18.3 Å². The minimum Gasteiger partial charge on any atom is -0.497 e. The Balaban J connectivity index is 2.05. The molecule has 0 bridgehead atoms. The van der Waals surface area contributed by atoms with Crippen molar-refractivity contribution < 1.29 is 14.2 Å². The van der Waals surface area contributed by atoms with E-state index in [1.165, 1.54) is 6.07 Å². The number of benzene rings is 2. The Morgan fingerprint density at radius 2 is 1.95 bits per heavy atom. The minimum atomic E-state index is -0.671. The summed E-state index contributed by atoms with van der Waals surface area (Å²) in [5, 5.41) is 10.2. The van der Waals surface area contributed by atoms with Crippen LogP contribution in [0, 0.1) is 5.82 Å². The number of methoxy groups -OCH3 is 1. The Hall–Kier alpha value is -1.58. The van der Waals surface area contributed by atoms with Crippen molar-refractivity contribution in [1.82, 2.24) is 0 Å². The second-order valence-electron chi connectivity index (χ2n) is 4.63. The molecule has 0 amide bonds. The first-order valence-electron chi connectivity index (χ1n) is 6.34. The van der Waals surface area contributed by atoms with Crippen molar-refractivity contribution in [1.29, 1.82) is 0 Å². The van der Waals surface area contributed by atoms with Gasteiger partial charge in [0.1, 0.15) is 11.6 Å². The molecule has 0 spiro atoms. The van der Waals surface area contributed by atoms with Crippen LogP contribution in [0.3, 0.4) is 0 Å². The summed E-state index contributed by atoms with van der Waals surface area (Å²) in [5.41, 5.74) is 1.37. The van der Waals surface area contributed by atoms with Gasteiger partial charge in [-0.25, -0.2) is 4.39 Å². The zero-order chi connectivity index (χ0) is 14.5. The van der Waals surface area contributed by atoms with Crippen LogP contribution in [0.5, 0.6) is 5.75 Å². The number of aliphatic hydroxyl groups excluding tert-OH is 1. The van der Waals surface area contributed by atoms with E-state index in [2.05, 4.69) is 0 Å².